The largest absolute Gasteiger partial charge is 0.508 e. The Balaban J connectivity index is 2.28. The van der Waals surface area contributed by atoms with Crippen LogP contribution in [0.1, 0.15) is 11.6 Å². The molecule has 0 unspecified atom stereocenters. The molecular weight excluding hydrogens is 184 g/mol. The van der Waals surface area contributed by atoms with E-state index in [-0.39, 0.29) is 23.6 Å². The van der Waals surface area contributed by atoms with Crippen LogP contribution in [0.15, 0.2) is 18.2 Å². The third-order valence-corrected chi connectivity index (χ3v) is 2.16. The van der Waals surface area contributed by atoms with E-state index in [1.165, 1.54) is 12.1 Å². The first-order valence-electron chi connectivity index (χ1n) is 4.23. The molecule has 1 aliphatic heterocycles. The van der Waals surface area contributed by atoms with Crippen molar-refractivity contribution in [3.8, 4) is 11.5 Å². The highest BCUT2D eigenvalue weighted by Gasteiger charge is 2.23. The number of benzene rings is 1. The number of aromatic hydroxyl groups is 2. The predicted octanol–water partition coefficient (Wildman–Crippen LogP) is 0.452. The number of phenolic OH excluding ortho intramolecular Hbond substituents is 2. The van der Waals surface area contributed by atoms with E-state index in [0.717, 1.165) is 0 Å². The minimum Gasteiger partial charge on any atom is -0.508 e. The lowest BCUT2D eigenvalue weighted by molar-refractivity contribution is 0.247. The van der Waals surface area contributed by atoms with Gasteiger partial charge >= 0.3 is 6.03 Å². The summed E-state index contributed by atoms with van der Waals surface area (Å²) in [7, 11) is 0. The van der Waals surface area contributed by atoms with E-state index in [1.807, 2.05) is 0 Å². The SMILES string of the molecule is O=C1NC[C@H](c2ccc(O)cc2O)N1. The van der Waals surface area contributed by atoms with Crippen molar-refractivity contribution in [2.75, 3.05) is 6.54 Å². The molecule has 74 valence electrons. The number of hydrogen-bond donors (Lipinski definition) is 4. The minimum atomic E-state index is -0.248. The van der Waals surface area contributed by atoms with Crippen molar-refractivity contribution < 1.29 is 15.0 Å². The Morgan fingerprint density at radius 3 is 2.71 bits per heavy atom. The molecule has 0 saturated carbocycles. The van der Waals surface area contributed by atoms with Crippen molar-refractivity contribution in [1.82, 2.24) is 10.6 Å². The standard InChI is InChI=1S/C9H10N2O3/c12-5-1-2-6(8(13)3-5)7-4-10-9(14)11-7/h1-3,7,12-13H,4H2,(H2,10,11,14)/t7-/m1/s1. The Morgan fingerprint density at radius 2 is 2.14 bits per heavy atom. The summed E-state index contributed by atoms with van der Waals surface area (Å²) in [5.74, 6) is -0.0115. The lowest BCUT2D eigenvalue weighted by atomic mass is 10.1. The molecule has 0 aromatic heterocycles. The van der Waals surface area contributed by atoms with Crippen LogP contribution in [-0.2, 0) is 0 Å². The molecule has 1 atom stereocenters. The molecule has 0 bridgehead atoms. The van der Waals surface area contributed by atoms with Crippen molar-refractivity contribution >= 4 is 6.03 Å². The molecule has 1 aromatic carbocycles. The molecule has 0 spiro atoms. The summed E-state index contributed by atoms with van der Waals surface area (Å²) in [6.07, 6.45) is 0. The summed E-state index contributed by atoms with van der Waals surface area (Å²) < 4.78 is 0. The monoisotopic (exact) mass is 194 g/mol. The van der Waals surface area contributed by atoms with Gasteiger partial charge in [0, 0.05) is 18.2 Å². The number of rotatable bonds is 1. The summed E-state index contributed by atoms with van der Waals surface area (Å²) in [5.41, 5.74) is 0.598. The molecule has 0 aliphatic carbocycles. The zero-order valence-electron chi connectivity index (χ0n) is 7.32. The average molecular weight is 194 g/mol. The molecule has 1 heterocycles. The number of nitrogens with one attached hydrogen (secondary N) is 2. The first kappa shape index (κ1) is 8.68. The van der Waals surface area contributed by atoms with Gasteiger partial charge in [-0.25, -0.2) is 4.79 Å². The molecule has 4 N–H and O–H groups in total. The summed E-state index contributed by atoms with van der Waals surface area (Å²) in [5, 5.41) is 23.8. The lowest BCUT2D eigenvalue weighted by Crippen LogP contribution is -2.21. The number of amides is 2. The van der Waals surface area contributed by atoms with Gasteiger partial charge in [-0.05, 0) is 12.1 Å². The van der Waals surface area contributed by atoms with E-state index in [4.69, 9.17) is 5.11 Å². The van der Waals surface area contributed by atoms with Crippen LogP contribution in [0.5, 0.6) is 11.5 Å². The average Bonchev–Trinajstić information content (AvgIpc) is 2.51. The highest BCUT2D eigenvalue weighted by molar-refractivity contribution is 5.77. The second-order valence-corrected chi connectivity index (χ2v) is 3.15. The van der Waals surface area contributed by atoms with Crippen molar-refractivity contribution in [3.63, 3.8) is 0 Å². The van der Waals surface area contributed by atoms with E-state index in [0.29, 0.717) is 12.1 Å². The van der Waals surface area contributed by atoms with Gasteiger partial charge in [0.15, 0.2) is 0 Å². The van der Waals surface area contributed by atoms with E-state index in [9.17, 15) is 9.90 Å². The smallest absolute Gasteiger partial charge is 0.315 e. The molecular formula is C9H10N2O3. The van der Waals surface area contributed by atoms with Gasteiger partial charge in [-0.1, -0.05) is 0 Å². The highest BCUT2D eigenvalue weighted by atomic mass is 16.3. The summed E-state index contributed by atoms with van der Waals surface area (Å²) in [6, 6.07) is 3.83. The maximum absolute atomic E-state index is 10.9. The number of phenols is 2. The molecule has 1 saturated heterocycles. The molecule has 2 amide bonds. The van der Waals surface area contributed by atoms with Gasteiger partial charge in [0.2, 0.25) is 0 Å². The third kappa shape index (κ3) is 1.44. The molecule has 2 rings (SSSR count). The predicted molar refractivity (Wildman–Crippen MR) is 49.0 cm³/mol. The zero-order chi connectivity index (χ0) is 10.1. The minimum absolute atomic E-state index is 0.00327. The van der Waals surface area contributed by atoms with E-state index >= 15 is 0 Å². The van der Waals surface area contributed by atoms with Crippen LogP contribution in [0, 0.1) is 0 Å². The fourth-order valence-corrected chi connectivity index (χ4v) is 1.47. The molecule has 1 aliphatic rings. The van der Waals surface area contributed by atoms with Gasteiger partial charge < -0.3 is 20.8 Å². The molecule has 1 aromatic rings. The third-order valence-electron chi connectivity index (χ3n) is 2.16. The van der Waals surface area contributed by atoms with Gasteiger partial charge in [-0.3, -0.25) is 0 Å². The first-order valence-corrected chi connectivity index (χ1v) is 4.23. The second kappa shape index (κ2) is 3.10. The van der Waals surface area contributed by atoms with Gasteiger partial charge in [0.25, 0.3) is 0 Å². The van der Waals surface area contributed by atoms with Crippen LogP contribution in [0.25, 0.3) is 0 Å². The zero-order valence-corrected chi connectivity index (χ0v) is 7.32. The van der Waals surface area contributed by atoms with Crippen LogP contribution in [0.2, 0.25) is 0 Å². The van der Waals surface area contributed by atoms with Gasteiger partial charge in [-0.2, -0.15) is 0 Å². The van der Waals surface area contributed by atoms with Crippen molar-refractivity contribution in [1.29, 1.82) is 0 Å². The lowest BCUT2D eigenvalue weighted by Gasteiger charge is -2.10. The van der Waals surface area contributed by atoms with Crippen LogP contribution in [-0.4, -0.2) is 22.8 Å². The Morgan fingerprint density at radius 1 is 1.36 bits per heavy atom. The number of urea groups is 1. The van der Waals surface area contributed by atoms with E-state index < -0.39 is 0 Å². The first-order chi connectivity index (χ1) is 6.66. The van der Waals surface area contributed by atoms with E-state index in [1.54, 1.807) is 6.07 Å². The quantitative estimate of drug-likeness (QED) is 0.524. The highest BCUT2D eigenvalue weighted by Crippen LogP contribution is 2.28. The van der Waals surface area contributed by atoms with Gasteiger partial charge in [0.05, 0.1) is 6.04 Å². The Hall–Kier alpha value is -1.91. The van der Waals surface area contributed by atoms with E-state index in [2.05, 4.69) is 10.6 Å². The number of hydrogen-bond acceptors (Lipinski definition) is 3. The maximum Gasteiger partial charge on any atom is 0.315 e. The van der Waals surface area contributed by atoms with Crippen LogP contribution >= 0.6 is 0 Å². The molecule has 5 heteroatoms. The van der Waals surface area contributed by atoms with Crippen LogP contribution < -0.4 is 10.6 Å². The van der Waals surface area contributed by atoms with Crippen LogP contribution in [0.3, 0.4) is 0 Å². The van der Waals surface area contributed by atoms with Crippen LogP contribution in [0.4, 0.5) is 4.79 Å². The molecule has 14 heavy (non-hydrogen) atoms. The van der Waals surface area contributed by atoms with Gasteiger partial charge in [-0.15, -0.1) is 0 Å². The number of carbonyl (C=O) groups excluding carboxylic acids is 1. The Kier molecular flexibility index (Phi) is 1.92. The van der Waals surface area contributed by atoms with Gasteiger partial charge in [0.1, 0.15) is 11.5 Å². The fraction of sp³-hybridized carbons (Fsp3) is 0.222. The number of carbonyl (C=O) groups is 1. The fourth-order valence-electron chi connectivity index (χ4n) is 1.47. The molecule has 1 fully saturated rings. The van der Waals surface area contributed by atoms with Crippen molar-refractivity contribution in [2.24, 2.45) is 0 Å². The molecule has 5 nitrogen and oxygen atoms in total. The summed E-state index contributed by atoms with van der Waals surface area (Å²) in [4.78, 5) is 10.9. The van der Waals surface area contributed by atoms with Crippen molar-refractivity contribution in [2.45, 2.75) is 6.04 Å². The molecule has 0 radical (unpaired) electrons. The summed E-state index contributed by atoms with van der Waals surface area (Å²) in [6.45, 7) is 0.442. The Bertz CT molecular complexity index is 378. The maximum atomic E-state index is 10.9. The Labute approximate surface area is 80.4 Å². The second-order valence-electron chi connectivity index (χ2n) is 3.15. The topological polar surface area (TPSA) is 81.6 Å². The van der Waals surface area contributed by atoms with Crippen molar-refractivity contribution in [3.05, 3.63) is 23.8 Å². The normalized spacial score (nSPS) is 20.3. The summed E-state index contributed by atoms with van der Waals surface area (Å²) >= 11 is 0.